The van der Waals surface area contributed by atoms with E-state index in [1.807, 2.05) is 0 Å². The van der Waals surface area contributed by atoms with E-state index in [1.54, 1.807) is 12.1 Å². The Balaban J connectivity index is 1.52. The number of likely N-dealkylation sites (tertiary alicyclic amines) is 1. The van der Waals surface area contributed by atoms with E-state index in [9.17, 15) is 18.8 Å². The van der Waals surface area contributed by atoms with E-state index >= 15 is 0 Å². The van der Waals surface area contributed by atoms with Gasteiger partial charge in [0.25, 0.3) is 5.91 Å². The summed E-state index contributed by atoms with van der Waals surface area (Å²) in [6.07, 6.45) is 0.433. The van der Waals surface area contributed by atoms with Crippen molar-refractivity contribution in [1.82, 2.24) is 4.90 Å². The highest BCUT2D eigenvalue weighted by Crippen LogP contribution is 2.23. The van der Waals surface area contributed by atoms with Crippen molar-refractivity contribution in [3.63, 3.8) is 0 Å². The SMILES string of the molecule is C[C@@H](OC(=O)[C@@H]1CC(=O)N(Cc2ccco2)C1)C(=O)Nc1ccc(F)c(Cl)c1. The highest BCUT2D eigenvalue weighted by Gasteiger charge is 2.36. The Morgan fingerprint density at radius 3 is 2.89 bits per heavy atom. The number of nitrogens with zero attached hydrogens (tertiary/aromatic N) is 1. The zero-order valence-electron chi connectivity index (χ0n) is 15.0. The van der Waals surface area contributed by atoms with Crippen molar-refractivity contribution in [3.8, 4) is 0 Å². The fraction of sp³-hybridized carbons (Fsp3) is 0.316. The topological polar surface area (TPSA) is 88.9 Å². The smallest absolute Gasteiger partial charge is 0.312 e. The molecule has 1 fully saturated rings. The lowest BCUT2D eigenvalue weighted by atomic mass is 10.1. The third-order valence-corrected chi connectivity index (χ3v) is 4.61. The standard InChI is InChI=1S/C19H18ClFN2O5/c1-11(18(25)22-13-4-5-16(21)15(20)8-13)28-19(26)12-7-17(24)23(9-12)10-14-3-2-6-27-14/h2-6,8,11-12H,7,9-10H2,1H3,(H,22,25)/t11-,12-/m1/s1. The molecule has 2 heterocycles. The van der Waals surface area contributed by atoms with Gasteiger partial charge >= 0.3 is 5.97 Å². The first-order chi connectivity index (χ1) is 13.3. The number of carbonyl (C=O) groups excluding carboxylic acids is 3. The molecule has 2 amide bonds. The number of hydrogen-bond acceptors (Lipinski definition) is 5. The maximum absolute atomic E-state index is 13.2. The number of furan rings is 1. The van der Waals surface area contributed by atoms with Crippen molar-refractivity contribution in [2.75, 3.05) is 11.9 Å². The minimum absolute atomic E-state index is 0.0153. The first-order valence-corrected chi connectivity index (χ1v) is 8.98. The lowest BCUT2D eigenvalue weighted by Gasteiger charge is -2.17. The molecule has 0 aliphatic carbocycles. The Labute approximate surface area is 165 Å². The summed E-state index contributed by atoms with van der Waals surface area (Å²) >= 11 is 5.67. The first kappa shape index (κ1) is 19.9. The van der Waals surface area contributed by atoms with Crippen LogP contribution in [-0.4, -0.2) is 35.3 Å². The zero-order valence-corrected chi connectivity index (χ0v) is 15.7. The molecule has 1 saturated heterocycles. The molecule has 1 N–H and O–H groups in total. The molecule has 0 radical (unpaired) electrons. The number of anilines is 1. The van der Waals surface area contributed by atoms with Gasteiger partial charge in [0.05, 0.1) is 23.7 Å². The van der Waals surface area contributed by atoms with Crippen LogP contribution in [0.2, 0.25) is 5.02 Å². The number of rotatable bonds is 6. The molecule has 1 aromatic carbocycles. The van der Waals surface area contributed by atoms with Gasteiger partial charge in [0, 0.05) is 18.7 Å². The summed E-state index contributed by atoms with van der Waals surface area (Å²) in [7, 11) is 0. The van der Waals surface area contributed by atoms with Crippen LogP contribution in [0.5, 0.6) is 0 Å². The van der Waals surface area contributed by atoms with Crippen molar-refractivity contribution < 1.29 is 27.9 Å². The Morgan fingerprint density at radius 2 is 2.21 bits per heavy atom. The van der Waals surface area contributed by atoms with Crippen LogP contribution in [0.3, 0.4) is 0 Å². The van der Waals surface area contributed by atoms with Crippen LogP contribution in [0.1, 0.15) is 19.1 Å². The molecule has 0 saturated carbocycles. The van der Waals surface area contributed by atoms with Gasteiger partial charge in [-0.15, -0.1) is 0 Å². The normalized spacial score (nSPS) is 17.5. The molecule has 0 unspecified atom stereocenters. The summed E-state index contributed by atoms with van der Waals surface area (Å²) in [6.45, 7) is 1.88. The highest BCUT2D eigenvalue weighted by atomic mass is 35.5. The number of halogens is 2. The fourth-order valence-electron chi connectivity index (χ4n) is 2.82. The molecule has 1 aliphatic heterocycles. The fourth-order valence-corrected chi connectivity index (χ4v) is 3.00. The summed E-state index contributed by atoms with van der Waals surface area (Å²) in [5, 5.41) is 2.36. The van der Waals surface area contributed by atoms with Crippen LogP contribution in [0.25, 0.3) is 0 Å². The number of amides is 2. The van der Waals surface area contributed by atoms with Crippen molar-refractivity contribution >= 4 is 35.1 Å². The van der Waals surface area contributed by atoms with Crippen LogP contribution >= 0.6 is 11.6 Å². The Bertz CT molecular complexity index is 886. The van der Waals surface area contributed by atoms with Gasteiger partial charge in [-0.25, -0.2) is 4.39 Å². The maximum Gasteiger partial charge on any atom is 0.312 e. The second-order valence-electron chi connectivity index (χ2n) is 6.45. The molecule has 1 aliphatic rings. The number of nitrogens with one attached hydrogen (secondary N) is 1. The van der Waals surface area contributed by atoms with Crippen molar-refractivity contribution in [3.05, 3.63) is 53.2 Å². The Hall–Kier alpha value is -2.87. The second kappa shape index (κ2) is 8.43. The van der Waals surface area contributed by atoms with Gasteiger partial charge in [-0.2, -0.15) is 0 Å². The Kier molecular flexibility index (Phi) is 5.99. The molecule has 0 spiro atoms. The summed E-state index contributed by atoms with van der Waals surface area (Å²) in [6, 6.07) is 7.18. The monoisotopic (exact) mass is 408 g/mol. The van der Waals surface area contributed by atoms with E-state index in [0.29, 0.717) is 5.76 Å². The second-order valence-corrected chi connectivity index (χ2v) is 6.86. The summed E-state index contributed by atoms with van der Waals surface area (Å²) in [5.74, 6) is -2.05. The molecule has 1 aromatic heterocycles. The molecular weight excluding hydrogens is 391 g/mol. The van der Waals surface area contributed by atoms with Crippen molar-refractivity contribution in [2.45, 2.75) is 26.0 Å². The van der Waals surface area contributed by atoms with Gasteiger partial charge in [-0.05, 0) is 37.3 Å². The number of benzene rings is 1. The summed E-state index contributed by atoms with van der Waals surface area (Å²) < 4.78 is 23.6. The average Bonchev–Trinajstić information content (AvgIpc) is 3.28. The van der Waals surface area contributed by atoms with E-state index in [2.05, 4.69) is 5.32 Å². The zero-order chi connectivity index (χ0) is 20.3. The third kappa shape index (κ3) is 4.69. The number of carbonyl (C=O) groups is 3. The molecule has 7 nitrogen and oxygen atoms in total. The van der Waals surface area contributed by atoms with Crippen LogP contribution in [0, 0.1) is 11.7 Å². The van der Waals surface area contributed by atoms with E-state index < -0.39 is 29.7 Å². The number of esters is 1. The first-order valence-electron chi connectivity index (χ1n) is 8.60. The molecule has 0 bridgehead atoms. The predicted octanol–water partition coefficient (Wildman–Crippen LogP) is 2.99. The molecule has 9 heteroatoms. The van der Waals surface area contributed by atoms with Gasteiger partial charge < -0.3 is 19.4 Å². The Morgan fingerprint density at radius 1 is 1.43 bits per heavy atom. The predicted molar refractivity (Wildman–Crippen MR) is 97.8 cm³/mol. The number of ether oxygens (including phenoxy) is 1. The minimum atomic E-state index is -1.09. The average molecular weight is 409 g/mol. The molecular formula is C19H18ClFN2O5. The third-order valence-electron chi connectivity index (χ3n) is 4.32. The van der Waals surface area contributed by atoms with Crippen LogP contribution < -0.4 is 5.32 Å². The van der Waals surface area contributed by atoms with E-state index in [1.165, 1.54) is 30.2 Å². The van der Waals surface area contributed by atoms with Gasteiger partial charge in [-0.1, -0.05) is 11.6 Å². The van der Waals surface area contributed by atoms with Gasteiger partial charge in [0.15, 0.2) is 6.10 Å². The molecule has 148 valence electrons. The van der Waals surface area contributed by atoms with Crippen molar-refractivity contribution in [2.24, 2.45) is 5.92 Å². The maximum atomic E-state index is 13.2. The highest BCUT2D eigenvalue weighted by molar-refractivity contribution is 6.31. The van der Waals surface area contributed by atoms with E-state index in [4.69, 9.17) is 20.8 Å². The molecule has 3 rings (SSSR count). The van der Waals surface area contributed by atoms with Crippen molar-refractivity contribution in [1.29, 1.82) is 0 Å². The summed E-state index contributed by atoms with van der Waals surface area (Å²) in [5.41, 5.74) is 0.278. The van der Waals surface area contributed by atoms with Gasteiger partial charge in [0.1, 0.15) is 11.6 Å². The minimum Gasteiger partial charge on any atom is -0.467 e. The van der Waals surface area contributed by atoms with E-state index in [-0.39, 0.29) is 36.1 Å². The molecule has 28 heavy (non-hydrogen) atoms. The van der Waals surface area contributed by atoms with Crippen LogP contribution in [0.15, 0.2) is 41.0 Å². The quantitative estimate of drug-likeness (QED) is 0.742. The lowest BCUT2D eigenvalue weighted by molar-refractivity contribution is -0.157. The van der Waals surface area contributed by atoms with Crippen LogP contribution in [-0.2, 0) is 25.7 Å². The molecule has 2 aromatic rings. The molecule has 2 atom stereocenters. The lowest BCUT2D eigenvalue weighted by Crippen LogP contribution is -2.33. The largest absolute Gasteiger partial charge is 0.467 e. The van der Waals surface area contributed by atoms with Gasteiger partial charge in [0.2, 0.25) is 5.91 Å². The van der Waals surface area contributed by atoms with E-state index in [0.717, 1.165) is 6.07 Å². The van der Waals surface area contributed by atoms with Gasteiger partial charge in [-0.3, -0.25) is 14.4 Å². The number of hydrogen-bond donors (Lipinski definition) is 1. The summed E-state index contributed by atoms with van der Waals surface area (Å²) in [4.78, 5) is 38.1. The van der Waals surface area contributed by atoms with Crippen LogP contribution in [0.4, 0.5) is 10.1 Å².